The van der Waals surface area contributed by atoms with Crippen LogP contribution in [0.2, 0.25) is 0 Å². The fourth-order valence-electron chi connectivity index (χ4n) is 2.97. The third-order valence-corrected chi connectivity index (χ3v) is 4.21. The number of nitrogens with zero attached hydrogens (tertiary/aromatic N) is 6. The van der Waals surface area contributed by atoms with Crippen LogP contribution in [0, 0.1) is 5.92 Å². The van der Waals surface area contributed by atoms with E-state index in [9.17, 15) is 4.79 Å². The molecule has 1 unspecified atom stereocenters. The SMILES string of the molecule is O=C(Nc1ccccc1)C1CCCN(c2ccc3nnnn3n2)C1. The predicted octanol–water partition coefficient (Wildman–Crippen LogP) is 1.37. The van der Waals surface area contributed by atoms with Crippen molar-refractivity contribution in [1.82, 2.24) is 25.3 Å². The van der Waals surface area contributed by atoms with Gasteiger partial charge in [0.15, 0.2) is 11.5 Å². The molecule has 4 rings (SSSR count). The molecule has 3 heterocycles. The molecule has 1 aliphatic rings. The molecule has 1 atom stereocenters. The summed E-state index contributed by atoms with van der Waals surface area (Å²) >= 11 is 0. The van der Waals surface area contributed by atoms with E-state index in [1.54, 1.807) is 0 Å². The summed E-state index contributed by atoms with van der Waals surface area (Å²) in [5.41, 5.74) is 1.43. The highest BCUT2D eigenvalue weighted by Crippen LogP contribution is 2.22. The summed E-state index contributed by atoms with van der Waals surface area (Å²) in [5, 5.41) is 18.7. The van der Waals surface area contributed by atoms with Gasteiger partial charge in [0.25, 0.3) is 0 Å². The molecule has 1 saturated heterocycles. The Hall–Kier alpha value is -3.03. The molecule has 122 valence electrons. The van der Waals surface area contributed by atoms with Crippen molar-refractivity contribution in [3.8, 4) is 0 Å². The highest BCUT2D eigenvalue weighted by molar-refractivity contribution is 5.93. The Morgan fingerprint density at radius 2 is 2.04 bits per heavy atom. The molecular formula is C16H17N7O. The van der Waals surface area contributed by atoms with Gasteiger partial charge in [-0.25, -0.2) is 0 Å². The number of aromatic nitrogens is 5. The molecule has 0 bridgehead atoms. The number of hydrogen-bond donors (Lipinski definition) is 1. The van der Waals surface area contributed by atoms with Gasteiger partial charge in [-0.2, -0.15) is 0 Å². The number of hydrogen-bond acceptors (Lipinski definition) is 6. The molecule has 8 nitrogen and oxygen atoms in total. The van der Waals surface area contributed by atoms with Crippen molar-refractivity contribution in [3.63, 3.8) is 0 Å². The van der Waals surface area contributed by atoms with Gasteiger partial charge >= 0.3 is 0 Å². The summed E-state index contributed by atoms with van der Waals surface area (Å²) in [6, 6.07) is 13.3. The lowest BCUT2D eigenvalue weighted by atomic mass is 9.97. The molecule has 1 amide bonds. The van der Waals surface area contributed by atoms with E-state index in [1.165, 1.54) is 4.63 Å². The molecule has 1 aliphatic heterocycles. The number of para-hydroxylation sites is 1. The largest absolute Gasteiger partial charge is 0.354 e. The zero-order chi connectivity index (χ0) is 16.4. The van der Waals surface area contributed by atoms with Crippen molar-refractivity contribution in [2.45, 2.75) is 12.8 Å². The van der Waals surface area contributed by atoms with E-state index < -0.39 is 0 Å². The van der Waals surface area contributed by atoms with Gasteiger partial charge in [0.05, 0.1) is 5.92 Å². The molecule has 24 heavy (non-hydrogen) atoms. The van der Waals surface area contributed by atoms with Gasteiger partial charge in [-0.1, -0.05) is 18.2 Å². The van der Waals surface area contributed by atoms with E-state index in [4.69, 9.17) is 0 Å². The van der Waals surface area contributed by atoms with Gasteiger partial charge in [0, 0.05) is 18.8 Å². The van der Waals surface area contributed by atoms with Crippen LogP contribution in [-0.2, 0) is 4.79 Å². The van der Waals surface area contributed by atoms with Gasteiger partial charge < -0.3 is 10.2 Å². The highest BCUT2D eigenvalue weighted by atomic mass is 16.1. The summed E-state index contributed by atoms with van der Waals surface area (Å²) < 4.78 is 1.41. The third-order valence-electron chi connectivity index (χ3n) is 4.21. The molecule has 0 saturated carbocycles. The molecule has 8 heteroatoms. The Labute approximate surface area is 138 Å². The molecule has 0 aliphatic carbocycles. The first-order chi connectivity index (χ1) is 11.8. The van der Waals surface area contributed by atoms with Crippen LogP contribution in [0.1, 0.15) is 12.8 Å². The van der Waals surface area contributed by atoms with Crippen LogP contribution in [0.4, 0.5) is 11.5 Å². The second-order valence-electron chi connectivity index (χ2n) is 5.86. The van der Waals surface area contributed by atoms with E-state index in [0.29, 0.717) is 12.2 Å². The first kappa shape index (κ1) is 14.6. The van der Waals surface area contributed by atoms with E-state index >= 15 is 0 Å². The minimum absolute atomic E-state index is 0.0504. The quantitative estimate of drug-likeness (QED) is 0.783. The lowest BCUT2D eigenvalue weighted by Gasteiger charge is -2.32. The average Bonchev–Trinajstić information content (AvgIpc) is 3.10. The van der Waals surface area contributed by atoms with Gasteiger partial charge in [-0.05, 0) is 47.5 Å². The van der Waals surface area contributed by atoms with Gasteiger partial charge in [0.1, 0.15) is 0 Å². The second-order valence-corrected chi connectivity index (χ2v) is 5.86. The lowest BCUT2D eigenvalue weighted by molar-refractivity contribution is -0.120. The van der Waals surface area contributed by atoms with E-state index in [2.05, 4.69) is 30.8 Å². The van der Waals surface area contributed by atoms with Crippen LogP contribution >= 0.6 is 0 Å². The van der Waals surface area contributed by atoms with Gasteiger partial charge in [-0.15, -0.1) is 14.8 Å². The minimum Gasteiger partial charge on any atom is -0.354 e. The fourth-order valence-corrected chi connectivity index (χ4v) is 2.97. The highest BCUT2D eigenvalue weighted by Gasteiger charge is 2.27. The van der Waals surface area contributed by atoms with Crippen LogP contribution in [0.25, 0.3) is 5.65 Å². The Morgan fingerprint density at radius 1 is 1.17 bits per heavy atom. The molecule has 0 radical (unpaired) electrons. The number of carbonyl (C=O) groups is 1. The molecule has 1 aromatic carbocycles. The monoisotopic (exact) mass is 323 g/mol. The van der Waals surface area contributed by atoms with Crippen LogP contribution in [0.5, 0.6) is 0 Å². The molecule has 1 N–H and O–H groups in total. The third kappa shape index (κ3) is 2.90. The lowest BCUT2D eigenvalue weighted by Crippen LogP contribution is -2.41. The van der Waals surface area contributed by atoms with Crippen molar-refractivity contribution in [1.29, 1.82) is 0 Å². The van der Waals surface area contributed by atoms with E-state index in [-0.39, 0.29) is 11.8 Å². The first-order valence-electron chi connectivity index (χ1n) is 7.96. The predicted molar refractivity (Wildman–Crippen MR) is 88.6 cm³/mol. The Morgan fingerprint density at radius 3 is 2.92 bits per heavy atom. The number of benzene rings is 1. The number of fused-ring (bicyclic) bond motifs is 1. The van der Waals surface area contributed by atoms with Crippen LogP contribution < -0.4 is 10.2 Å². The zero-order valence-corrected chi connectivity index (χ0v) is 13.0. The molecular weight excluding hydrogens is 306 g/mol. The Kier molecular flexibility index (Phi) is 3.78. The van der Waals surface area contributed by atoms with E-state index in [1.807, 2.05) is 42.5 Å². The summed E-state index contributed by atoms with van der Waals surface area (Å²) in [7, 11) is 0. The second kappa shape index (κ2) is 6.23. The van der Waals surface area contributed by atoms with Gasteiger partial charge in [-0.3, -0.25) is 4.79 Å². The number of tetrazole rings is 1. The number of carbonyl (C=O) groups excluding carboxylic acids is 1. The van der Waals surface area contributed by atoms with Crippen LogP contribution in [0.15, 0.2) is 42.5 Å². The Balaban J connectivity index is 1.47. The molecule has 1 fully saturated rings. The van der Waals surface area contributed by atoms with Crippen LogP contribution in [-0.4, -0.2) is 44.3 Å². The van der Waals surface area contributed by atoms with Crippen molar-refractivity contribution in [2.75, 3.05) is 23.3 Å². The molecule has 3 aromatic rings. The van der Waals surface area contributed by atoms with E-state index in [0.717, 1.165) is 30.9 Å². The maximum Gasteiger partial charge on any atom is 0.229 e. The molecule has 2 aromatic heterocycles. The topological polar surface area (TPSA) is 88.3 Å². The fraction of sp³-hybridized carbons (Fsp3) is 0.312. The van der Waals surface area contributed by atoms with Crippen molar-refractivity contribution < 1.29 is 4.79 Å². The minimum atomic E-state index is -0.0645. The number of nitrogens with one attached hydrogen (secondary N) is 1. The average molecular weight is 323 g/mol. The summed E-state index contributed by atoms with van der Waals surface area (Å²) in [4.78, 5) is 14.6. The smallest absolute Gasteiger partial charge is 0.229 e. The number of piperidine rings is 1. The zero-order valence-electron chi connectivity index (χ0n) is 13.0. The Bertz CT molecular complexity index is 848. The van der Waals surface area contributed by atoms with Gasteiger partial charge in [0.2, 0.25) is 5.91 Å². The van der Waals surface area contributed by atoms with Crippen molar-refractivity contribution >= 4 is 23.1 Å². The molecule has 0 spiro atoms. The summed E-state index contributed by atoms with van der Waals surface area (Å²) in [6.07, 6.45) is 1.82. The van der Waals surface area contributed by atoms with Crippen LogP contribution in [0.3, 0.4) is 0 Å². The first-order valence-corrected chi connectivity index (χ1v) is 7.96. The number of amides is 1. The maximum absolute atomic E-state index is 12.5. The maximum atomic E-state index is 12.5. The number of rotatable bonds is 3. The van der Waals surface area contributed by atoms with Crippen molar-refractivity contribution in [3.05, 3.63) is 42.5 Å². The van der Waals surface area contributed by atoms with Crippen molar-refractivity contribution in [2.24, 2.45) is 5.92 Å². The standard InChI is InChI=1S/C16H17N7O/c24-16(17-13-6-2-1-3-7-13)12-5-4-10-22(11-12)15-9-8-14-18-20-21-23(14)19-15/h1-3,6-9,12H,4-5,10-11H2,(H,17,24). The number of anilines is 2. The summed E-state index contributed by atoms with van der Waals surface area (Å²) in [6.45, 7) is 1.51. The normalized spacial score (nSPS) is 17.8. The summed E-state index contributed by atoms with van der Waals surface area (Å²) in [5.74, 6) is 0.770.